The van der Waals surface area contributed by atoms with Gasteiger partial charge in [0.05, 0.1) is 12.7 Å². The van der Waals surface area contributed by atoms with E-state index in [0.29, 0.717) is 6.54 Å². The summed E-state index contributed by atoms with van der Waals surface area (Å²) in [6.07, 6.45) is 4.37. The first-order valence-corrected chi connectivity index (χ1v) is 13.2. The molecule has 0 saturated heterocycles. The molecule has 0 heterocycles. The molecule has 140 valence electrons. The molecule has 7 heteroatoms. The zero-order chi connectivity index (χ0) is 18.6. The van der Waals surface area contributed by atoms with Crippen molar-refractivity contribution < 1.29 is 19.1 Å². The van der Waals surface area contributed by atoms with Crippen molar-refractivity contribution in [3.63, 3.8) is 0 Å². The number of allylic oxidation sites excluding steroid dienone is 1. The van der Waals surface area contributed by atoms with Crippen LogP contribution in [0.3, 0.4) is 0 Å². The van der Waals surface area contributed by atoms with Crippen LogP contribution in [0.5, 0.6) is 0 Å². The van der Waals surface area contributed by atoms with Gasteiger partial charge < -0.3 is 19.2 Å². The number of hydrogen-bond acceptors (Lipinski definition) is 4. The molecule has 0 aliphatic heterocycles. The van der Waals surface area contributed by atoms with Crippen LogP contribution in [0.25, 0.3) is 0 Å². The highest BCUT2D eigenvalue weighted by molar-refractivity contribution is 6.75. The van der Waals surface area contributed by atoms with Crippen LogP contribution in [0.2, 0.25) is 19.1 Å². The Hall–Kier alpha value is -0.736. The van der Waals surface area contributed by atoms with Crippen molar-refractivity contribution in [1.82, 2.24) is 4.90 Å². The van der Waals surface area contributed by atoms with E-state index in [2.05, 4.69) is 33.2 Å². The highest BCUT2D eigenvalue weighted by Crippen LogP contribution is 2.16. The van der Waals surface area contributed by atoms with E-state index in [0.717, 1.165) is 12.8 Å². The predicted octanol–water partition coefficient (Wildman–Crippen LogP) is 1.75. The van der Waals surface area contributed by atoms with E-state index in [1.165, 1.54) is 35.1 Å². The lowest BCUT2D eigenvalue weighted by molar-refractivity contribution is -0.127. The van der Waals surface area contributed by atoms with E-state index in [1.54, 1.807) is 0 Å². The second-order valence-corrected chi connectivity index (χ2v) is 13.3. The van der Waals surface area contributed by atoms with Crippen molar-refractivity contribution in [2.45, 2.75) is 57.8 Å². The summed E-state index contributed by atoms with van der Waals surface area (Å²) in [4.78, 5) is 13.3. The van der Waals surface area contributed by atoms with Gasteiger partial charge in [-0.3, -0.25) is 4.79 Å². The Balaban J connectivity index is 4.19. The molecule has 24 heavy (non-hydrogen) atoms. The first kappa shape index (κ1) is 23.3. The van der Waals surface area contributed by atoms with E-state index in [-0.39, 0.29) is 19.1 Å². The lowest BCUT2D eigenvalue weighted by atomic mass is 10.2. The largest absolute Gasteiger partial charge is 0.457 e. The normalized spacial score (nSPS) is 13.2. The van der Waals surface area contributed by atoms with Crippen LogP contribution in [-0.4, -0.2) is 64.9 Å². The van der Waals surface area contributed by atoms with Gasteiger partial charge in [0.25, 0.3) is 0 Å². The van der Waals surface area contributed by atoms with Crippen molar-refractivity contribution in [3.05, 3.63) is 24.4 Å². The monoisotopic (exact) mass is 373 g/mol. The number of amides is 1. The van der Waals surface area contributed by atoms with Crippen LogP contribution in [-0.2, 0) is 8.91 Å². The molecule has 0 aliphatic carbocycles. The molecule has 0 bridgehead atoms. The Morgan fingerprint density at radius 3 is 2.62 bits per heavy atom. The van der Waals surface area contributed by atoms with E-state index < -0.39 is 24.2 Å². The summed E-state index contributed by atoms with van der Waals surface area (Å²) in [5.74, 6) is -0.227. The number of unbranched alkanes of at least 4 members (excludes halogenated alkanes) is 1. The van der Waals surface area contributed by atoms with Gasteiger partial charge in [0.15, 0.2) is 18.1 Å². The lowest BCUT2D eigenvalue weighted by Crippen LogP contribution is -2.38. The van der Waals surface area contributed by atoms with Crippen LogP contribution in [0.1, 0.15) is 32.6 Å². The zero-order valence-corrected chi connectivity index (χ0v) is 18.0. The average Bonchev–Trinajstić information content (AvgIpc) is 2.56. The number of nitrogens with zero attached hydrogens (tertiary/aromatic N) is 1. The molecular formula is C17H35NO4Si2. The molecule has 0 fully saturated rings. The molecule has 1 amide bonds. The Morgan fingerprint density at radius 2 is 2.08 bits per heavy atom. The van der Waals surface area contributed by atoms with Crippen LogP contribution < -0.4 is 0 Å². The summed E-state index contributed by atoms with van der Waals surface area (Å²) >= 11 is 0. The number of aliphatic hydroxyl groups excluding tert-OH is 2. The molecular weight excluding hydrogens is 338 g/mol. The number of rotatable bonds is 14. The summed E-state index contributed by atoms with van der Waals surface area (Å²) in [6.45, 7) is 14.6. The fourth-order valence-electron chi connectivity index (χ4n) is 2.30. The fourth-order valence-corrected chi connectivity index (χ4v) is 6.85. The van der Waals surface area contributed by atoms with Crippen molar-refractivity contribution in [2.75, 3.05) is 19.7 Å². The molecule has 1 unspecified atom stereocenters. The van der Waals surface area contributed by atoms with E-state index in [9.17, 15) is 9.90 Å². The zero-order valence-electron chi connectivity index (χ0n) is 15.6. The van der Waals surface area contributed by atoms with Crippen molar-refractivity contribution in [1.29, 1.82) is 0 Å². The SMILES string of the molecule is C=CC(=O)N(CCCC(=C)[SiH2]O[Si](C)(C)CCCC)CC(O)CO. The van der Waals surface area contributed by atoms with Gasteiger partial charge in [0, 0.05) is 13.1 Å². The van der Waals surface area contributed by atoms with Gasteiger partial charge in [0.1, 0.15) is 0 Å². The Bertz CT molecular complexity index is 402. The molecule has 0 radical (unpaired) electrons. The Labute approximate surface area is 150 Å². The summed E-state index contributed by atoms with van der Waals surface area (Å²) in [5, 5.41) is 19.6. The average molecular weight is 374 g/mol. The molecule has 0 saturated carbocycles. The van der Waals surface area contributed by atoms with Gasteiger partial charge >= 0.3 is 0 Å². The molecule has 0 aromatic carbocycles. The minimum atomic E-state index is -1.54. The minimum Gasteiger partial charge on any atom is -0.457 e. The standard InChI is InChI=1S/C17H35NO4Si2/c1-6-8-12-24(4,5)22-23-15(3)10-9-11-18(17(21)7-2)13-16(20)14-19/h7,16,19-20H,2-3,6,8-14,23H2,1,4-5H3. The summed E-state index contributed by atoms with van der Waals surface area (Å²) in [6, 6.07) is 1.20. The third-order valence-corrected chi connectivity index (χ3v) is 9.91. The highest BCUT2D eigenvalue weighted by atomic mass is 28.4. The third kappa shape index (κ3) is 10.9. The van der Waals surface area contributed by atoms with E-state index >= 15 is 0 Å². The second-order valence-electron chi connectivity index (χ2n) is 6.83. The van der Waals surface area contributed by atoms with Gasteiger partial charge in [-0.2, -0.15) is 0 Å². The molecule has 0 aromatic heterocycles. The van der Waals surface area contributed by atoms with Crippen molar-refractivity contribution >= 4 is 24.0 Å². The number of carbonyl (C=O) groups is 1. The van der Waals surface area contributed by atoms with Crippen LogP contribution in [0.4, 0.5) is 0 Å². The number of carbonyl (C=O) groups excluding carboxylic acids is 1. The number of hydrogen-bond donors (Lipinski definition) is 2. The van der Waals surface area contributed by atoms with Crippen LogP contribution in [0.15, 0.2) is 24.4 Å². The topological polar surface area (TPSA) is 70.0 Å². The molecule has 0 rings (SSSR count). The maximum atomic E-state index is 11.8. The van der Waals surface area contributed by atoms with E-state index in [4.69, 9.17) is 9.22 Å². The predicted molar refractivity (Wildman–Crippen MR) is 105 cm³/mol. The smallest absolute Gasteiger partial charge is 0.246 e. The van der Waals surface area contributed by atoms with Gasteiger partial charge in [0.2, 0.25) is 5.91 Å². The van der Waals surface area contributed by atoms with Gasteiger partial charge in [-0.05, 0) is 38.1 Å². The fraction of sp³-hybridized carbons (Fsp3) is 0.706. The quantitative estimate of drug-likeness (QED) is 0.359. The summed E-state index contributed by atoms with van der Waals surface area (Å²) in [5.41, 5.74) is 0. The van der Waals surface area contributed by atoms with Gasteiger partial charge in [-0.15, -0.1) is 6.58 Å². The van der Waals surface area contributed by atoms with Crippen LogP contribution >= 0.6 is 0 Å². The Kier molecular flexibility index (Phi) is 12.2. The highest BCUT2D eigenvalue weighted by Gasteiger charge is 2.21. The molecule has 5 nitrogen and oxygen atoms in total. The van der Waals surface area contributed by atoms with Gasteiger partial charge in [-0.1, -0.05) is 31.5 Å². The molecule has 1 atom stereocenters. The summed E-state index contributed by atoms with van der Waals surface area (Å²) in [7, 11) is -2.27. The maximum Gasteiger partial charge on any atom is 0.246 e. The minimum absolute atomic E-state index is 0.124. The van der Waals surface area contributed by atoms with Crippen LogP contribution in [0, 0.1) is 0 Å². The molecule has 2 N–H and O–H groups in total. The number of aliphatic hydroxyl groups is 2. The van der Waals surface area contributed by atoms with Crippen molar-refractivity contribution in [3.8, 4) is 0 Å². The third-order valence-electron chi connectivity index (χ3n) is 3.89. The van der Waals surface area contributed by atoms with E-state index in [1.807, 2.05) is 0 Å². The van der Waals surface area contributed by atoms with Gasteiger partial charge in [-0.25, -0.2) is 0 Å². The maximum absolute atomic E-state index is 11.8. The summed E-state index contributed by atoms with van der Waals surface area (Å²) < 4.78 is 6.21. The van der Waals surface area contributed by atoms with Crippen molar-refractivity contribution in [2.24, 2.45) is 0 Å². The Morgan fingerprint density at radius 1 is 1.42 bits per heavy atom. The first-order valence-electron chi connectivity index (χ1n) is 8.76. The molecule has 0 aliphatic rings. The first-order chi connectivity index (χ1) is 11.3. The lowest BCUT2D eigenvalue weighted by Gasteiger charge is -2.25. The second kappa shape index (κ2) is 12.6. The molecule has 0 aromatic rings. The molecule has 0 spiro atoms.